The van der Waals surface area contributed by atoms with E-state index in [9.17, 15) is 0 Å². The smallest absolute Gasteiger partial charge is 0.254 e. The molecule has 7 nitrogen and oxygen atoms in total. The van der Waals surface area contributed by atoms with Crippen LogP contribution >= 0.6 is 0 Å². The lowest BCUT2D eigenvalue weighted by Gasteiger charge is -2.35. The Balaban J connectivity index is 1.75. The van der Waals surface area contributed by atoms with E-state index in [0.717, 1.165) is 57.2 Å². The SMILES string of the molecule is Cc1cc(N2CCN(CCCN)CC2)n2ncnc2n1. The number of hydrogen-bond donors (Lipinski definition) is 1. The fourth-order valence-corrected chi connectivity index (χ4v) is 2.65. The van der Waals surface area contributed by atoms with Gasteiger partial charge in [0.1, 0.15) is 12.1 Å². The maximum atomic E-state index is 5.57. The van der Waals surface area contributed by atoms with Gasteiger partial charge in [-0.15, -0.1) is 0 Å². The predicted octanol–water partition coefficient (Wildman–Crippen LogP) is -0.0965. The molecule has 108 valence electrons. The highest BCUT2D eigenvalue weighted by Crippen LogP contribution is 2.17. The molecule has 3 heterocycles. The van der Waals surface area contributed by atoms with Crippen LogP contribution < -0.4 is 10.6 Å². The van der Waals surface area contributed by atoms with Crippen molar-refractivity contribution in [3.63, 3.8) is 0 Å². The lowest BCUT2D eigenvalue weighted by molar-refractivity contribution is 0.255. The molecule has 0 amide bonds. The molecule has 2 aromatic heterocycles. The molecule has 0 unspecified atom stereocenters. The van der Waals surface area contributed by atoms with Crippen molar-refractivity contribution in [3.05, 3.63) is 18.1 Å². The van der Waals surface area contributed by atoms with Gasteiger partial charge >= 0.3 is 0 Å². The van der Waals surface area contributed by atoms with Crippen LogP contribution in [0.15, 0.2) is 12.4 Å². The van der Waals surface area contributed by atoms with Crippen LogP contribution in [0.2, 0.25) is 0 Å². The minimum atomic E-state index is 0.672. The largest absolute Gasteiger partial charge is 0.354 e. The topological polar surface area (TPSA) is 75.6 Å². The zero-order valence-corrected chi connectivity index (χ0v) is 11.9. The number of nitrogens with two attached hydrogens (primary N) is 1. The Hall–Kier alpha value is -1.73. The van der Waals surface area contributed by atoms with Crippen LogP contribution in [0, 0.1) is 6.92 Å². The summed E-state index contributed by atoms with van der Waals surface area (Å²) in [5, 5.41) is 4.27. The summed E-state index contributed by atoms with van der Waals surface area (Å²) >= 11 is 0. The van der Waals surface area contributed by atoms with E-state index < -0.39 is 0 Å². The van der Waals surface area contributed by atoms with Gasteiger partial charge in [-0.2, -0.15) is 14.6 Å². The molecular weight excluding hydrogens is 254 g/mol. The normalized spacial score (nSPS) is 17.0. The van der Waals surface area contributed by atoms with Crippen LogP contribution in [0.5, 0.6) is 0 Å². The van der Waals surface area contributed by atoms with Crippen molar-refractivity contribution < 1.29 is 0 Å². The third kappa shape index (κ3) is 2.59. The molecule has 1 aliphatic rings. The first kappa shape index (κ1) is 13.3. The van der Waals surface area contributed by atoms with Gasteiger partial charge in [-0.3, -0.25) is 4.90 Å². The summed E-state index contributed by atoms with van der Waals surface area (Å²) in [5.41, 5.74) is 6.55. The lowest BCUT2D eigenvalue weighted by Crippen LogP contribution is -2.47. The van der Waals surface area contributed by atoms with Crippen molar-refractivity contribution in [2.45, 2.75) is 13.3 Å². The first-order valence-corrected chi connectivity index (χ1v) is 7.12. The summed E-state index contributed by atoms with van der Waals surface area (Å²) in [4.78, 5) is 13.4. The molecule has 2 aromatic rings. The zero-order valence-electron chi connectivity index (χ0n) is 11.9. The molecule has 20 heavy (non-hydrogen) atoms. The van der Waals surface area contributed by atoms with E-state index in [1.54, 1.807) is 6.33 Å². The summed E-state index contributed by atoms with van der Waals surface area (Å²) < 4.78 is 1.82. The summed E-state index contributed by atoms with van der Waals surface area (Å²) in [6, 6.07) is 2.08. The van der Waals surface area contributed by atoms with E-state index in [0.29, 0.717) is 5.78 Å². The first-order valence-electron chi connectivity index (χ1n) is 7.12. The minimum Gasteiger partial charge on any atom is -0.354 e. The average Bonchev–Trinajstić information content (AvgIpc) is 2.93. The minimum absolute atomic E-state index is 0.672. The molecule has 7 heteroatoms. The Labute approximate surface area is 118 Å². The first-order chi connectivity index (χ1) is 9.78. The fraction of sp³-hybridized carbons (Fsp3) is 0.615. The molecule has 0 atom stereocenters. The van der Waals surface area contributed by atoms with Gasteiger partial charge in [0.15, 0.2) is 0 Å². The van der Waals surface area contributed by atoms with Crippen LogP contribution in [-0.4, -0.2) is 63.8 Å². The van der Waals surface area contributed by atoms with Crippen molar-refractivity contribution in [3.8, 4) is 0 Å². The second-order valence-corrected chi connectivity index (χ2v) is 5.20. The predicted molar refractivity (Wildman–Crippen MR) is 77.8 cm³/mol. The van der Waals surface area contributed by atoms with Crippen molar-refractivity contribution in [2.24, 2.45) is 5.73 Å². The molecule has 0 bridgehead atoms. The standard InChI is InChI=1S/C13H21N7/c1-11-9-12(20-13(17-11)15-10-16-20)19-7-5-18(6-8-19)4-2-3-14/h9-10H,2-8,14H2,1H3. The number of nitrogens with zero attached hydrogens (tertiary/aromatic N) is 6. The number of anilines is 1. The van der Waals surface area contributed by atoms with Crippen LogP contribution in [0.3, 0.4) is 0 Å². The molecule has 0 saturated carbocycles. The Morgan fingerprint density at radius 3 is 2.80 bits per heavy atom. The van der Waals surface area contributed by atoms with Gasteiger partial charge in [-0.25, -0.2) is 4.98 Å². The van der Waals surface area contributed by atoms with Crippen molar-refractivity contribution >= 4 is 11.6 Å². The van der Waals surface area contributed by atoms with Gasteiger partial charge in [-0.05, 0) is 26.4 Å². The summed E-state index contributed by atoms with van der Waals surface area (Å²) in [5.74, 6) is 1.76. The fourth-order valence-electron chi connectivity index (χ4n) is 2.65. The third-order valence-corrected chi connectivity index (χ3v) is 3.74. The quantitative estimate of drug-likeness (QED) is 0.840. The Morgan fingerprint density at radius 2 is 2.05 bits per heavy atom. The maximum absolute atomic E-state index is 5.57. The van der Waals surface area contributed by atoms with Gasteiger partial charge in [0.2, 0.25) is 0 Å². The molecule has 3 rings (SSSR count). The van der Waals surface area contributed by atoms with E-state index in [-0.39, 0.29) is 0 Å². The summed E-state index contributed by atoms with van der Waals surface area (Å²) in [6.07, 6.45) is 2.63. The van der Waals surface area contributed by atoms with Crippen molar-refractivity contribution in [2.75, 3.05) is 44.2 Å². The molecule has 1 aliphatic heterocycles. The van der Waals surface area contributed by atoms with E-state index in [1.807, 2.05) is 11.4 Å². The van der Waals surface area contributed by atoms with Crippen molar-refractivity contribution in [1.29, 1.82) is 0 Å². The average molecular weight is 275 g/mol. The van der Waals surface area contributed by atoms with Crippen molar-refractivity contribution in [1.82, 2.24) is 24.5 Å². The van der Waals surface area contributed by atoms with E-state index in [1.165, 1.54) is 0 Å². The molecule has 0 radical (unpaired) electrons. The molecular formula is C13H21N7. The number of rotatable bonds is 4. The van der Waals surface area contributed by atoms with E-state index in [2.05, 4.69) is 30.9 Å². The molecule has 2 N–H and O–H groups in total. The Bertz CT molecular complexity index is 571. The van der Waals surface area contributed by atoms with Gasteiger partial charge in [0.25, 0.3) is 5.78 Å². The molecule has 1 fully saturated rings. The van der Waals surface area contributed by atoms with Gasteiger partial charge < -0.3 is 10.6 Å². The number of hydrogen-bond acceptors (Lipinski definition) is 6. The van der Waals surface area contributed by atoms with E-state index >= 15 is 0 Å². The number of fused-ring (bicyclic) bond motifs is 1. The second kappa shape index (κ2) is 5.72. The Morgan fingerprint density at radius 1 is 1.25 bits per heavy atom. The maximum Gasteiger partial charge on any atom is 0.254 e. The van der Waals surface area contributed by atoms with Crippen LogP contribution in [0.4, 0.5) is 5.82 Å². The summed E-state index contributed by atoms with van der Waals surface area (Å²) in [7, 11) is 0. The van der Waals surface area contributed by atoms with Crippen LogP contribution in [0.25, 0.3) is 5.78 Å². The van der Waals surface area contributed by atoms with Gasteiger partial charge in [-0.1, -0.05) is 0 Å². The van der Waals surface area contributed by atoms with Gasteiger partial charge in [0.05, 0.1) is 0 Å². The van der Waals surface area contributed by atoms with Gasteiger partial charge in [0, 0.05) is 37.9 Å². The highest BCUT2D eigenvalue weighted by molar-refractivity contribution is 5.47. The Kier molecular flexibility index (Phi) is 3.79. The van der Waals surface area contributed by atoms with Crippen LogP contribution in [-0.2, 0) is 0 Å². The lowest BCUT2D eigenvalue weighted by atomic mass is 10.2. The highest BCUT2D eigenvalue weighted by Gasteiger charge is 2.19. The third-order valence-electron chi connectivity index (χ3n) is 3.74. The second-order valence-electron chi connectivity index (χ2n) is 5.20. The zero-order chi connectivity index (χ0) is 13.9. The molecule has 0 spiro atoms. The molecule has 0 aromatic carbocycles. The number of aryl methyl sites for hydroxylation is 1. The number of piperazine rings is 1. The highest BCUT2D eigenvalue weighted by atomic mass is 15.4. The van der Waals surface area contributed by atoms with E-state index in [4.69, 9.17) is 5.73 Å². The molecule has 0 aliphatic carbocycles. The monoisotopic (exact) mass is 275 g/mol. The molecule has 1 saturated heterocycles. The number of aromatic nitrogens is 4. The summed E-state index contributed by atoms with van der Waals surface area (Å²) in [6.45, 7) is 8.00. The van der Waals surface area contributed by atoms with Crippen LogP contribution in [0.1, 0.15) is 12.1 Å².